The van der Waals surface area contributed by atoms with Crippen molar-refractivity contribution in [3.8, 4) is 0 Å². The van der Waals surface area contributed by atoms with Gasteiger partial charge in [0.1, 0.15) is 12.4 Å². The monoisotopic (exact) mass is 255 g/mol. The maximum absolute atomic E-state index is 9.72. The van der Waals surface area contributed by atoms with E-state index in [0.717, 1.165) is 25.5 Å². The van der Waals surface area contributed by atoms with Crippen molar-refractivity contribution in [1.29, 1.82) is 0 Å². The molecule has 1 atom stereocenters. The van der Waals surface area contributed by atoms with Gasteiger partial charge in [-0.3, -0.25) is 0 Å². The van der Waals surface area contributed by atoms with E-state index >= 15 is 0 Å². The highest BCUT2D eigenvalue weighted by atomic mass is 16.5. The maximum Gasteiger partial charge on any atom is 0.129 e. The molecule has 1 aromatic rings. The summed E-state index contributed by atoms with van der Waals surface area (Å²) in [6, 6.07) is 3.67. The molecule has 0 aromatic carbocycles. The first-order valence-corrected chi connectivity index (χ1v) is 6.25. The topological polar surface area (TPSA) is 63.9 Å². The Morgan fingerprint density at radius 1 is 1.56 bits per heavy atom. The van der Waals surface area contributed by atoms with Crippen LogP contribution in [0.4, 0.5) is 0 Å². The minimum absolute atomic E-state index is 0.231. The molecule has 0 spiro atoms. The third-order valence-corrected chi connectivity index (χ3v) is 2.97. The molecule has 2 rings (SSSR count). The number of aliphatic hydroxyl groups is 1. The van der Waals surface area contributed by atoms with Crippen LogP contribution in [-0.2, 0) is 16.1 Å². The lowest BCUT2D eigenvalue weighted by atomic mass is 9.89. The summed E-state index contributed by atoms with van der Waals surface area (Å²) in [5.41, 5.74) is 0.231. The highest BCUT2D eigenvalue weighted by molar-refractivity contribution is 4.96. The van der Waals surface area contributed by atoms with E-state index in [0.29, 0.717) is 19.8 Å². The smallest absolute Gasteiger partial charge is 0.129 e. The molecule has 1 saturated heterocycles. The fourth-order valence-electron chi connectivity index (χ4n) is 1.84. The zero-order valence-electron chi connectivity index (χ0n) is 10.7. The van der Waals surface area contributed by atoms with Gasteiger partial charge in [0, 0.05) is 18.5 Å². The van der Waals surface area contributed by atoms with E-state index in [-0.39, 0.29) is 5.41 Å². The second-order valence-corrected chi connectivity index (χ2v) is 5.18. The summed E-state index contributed by atoms with van der Waals surface area (Å²) in [5, 5.41) is 13.0. The van der Waals surface area contributed by atoms with Crippen LogP contribution in [0.3, 0.4) is 0 Å². The van der Waals surface area contributed by atoms with Crippen molar-refractivity contribution in [2.75, 3.05) is 32.9 Å². The van der Waals surface area contributed by atoms with Gasteiger partial charge < -0.3 is 24.3 Å². The average molecular weight is 255 g/mol. The molecule has 18 heavy (non-hydrogen) atoms. The van der Waals surface area contributed by atoms with E-state index in [1.165, 1.54) is 0 Å². The number of aliphatic hydroxyl groups excluding tert-OH is 1. The molecule has 1 unspecified atom stereocenters. The molecule has 2 heterocycles. The second-order valence-electron chi connectivity index (χ2n) is 5.18. The number of nitrogens with one attached hydrogen (secondary N) is 1. The molecule has 0 bridgehead atoms. The van der Waals surface area contributed by atoms with Crippen molar-refractivity contribution >= 4 is 0 Å². The van der Waals surface area contributed by atoms with Gasteiger partial charge in [-0.05, 0) is 12.1 Å². The summed E-state index contributed by atoms with van der Waals surface area (Å²) >= 11 is 0. The molecule has 2 N–H and O–H groups in total. The molecule has 5 nitrogen and oxygen atoms in total. The van der Waals surface area contributed by atoms with Gasteiger partial charge in [-0.2, -0.15) is 0 Å². The molecule has 0 saturated carbocycles. The summed E-state index contributed by atoms with van der Waals surface area (Å²) in [7, 11) is 0. The fourth-order valence-corrected chi connectivity index (χ4v) is 1.84. The molecule has 102 valence electrons. The first-order valence-electron chi connectivity index (χ1n) is 6.25. The number of rotatable bonds is 8. The Kier molecular flexibility index (Phi) is 4.77. The molecule has 1 aromatic heterocycles. The van der Waals surface area contributed by atoms with E-state index in [9.17, 15) is 5.11 Å². The van der Waals surface area contributed by atoms with Crippen molar-refractivity contribution in [1.82, 2.24) is 5.32 Å². The van der Waals surface area contributed by atoms with Crippen molar-refractivity contribution in [2.24, 2.45) is 5.41 Å². The minimum atomic E-state index is -0.496. The van der Waals surface area contributed by atoms with E-state index in [1.807, 2.05) is 12.1 Å². The van der Waals surface area contributed by atoms with Crippen LogP contribution in [0, 0.1) is 5.41 Å². The predicted molar refractivity (Wildman–Crippen MR) is 66.2 cm³/mol. The minimum Gasteiger partial charge on any atom is -0.467 e. The number of hydrogen-bond donors (Lipinski definition) is 2. The third kappa shape index (κ3) is 4.10. The van der Waals surface area contributed by atoms with Crippen LogP contribution in [0.25, 0.3) is 0 Å². The standard InChI is InChI=1S/C13H21NO4/c1-13(9-17-10-13)8-14-5-11(15)6-16-7-12-3-2-4-18-12/h2-4,11,14-15H,5-10H2,1H3. The van der Waals surface area contributed by atoms with E-state index in [1.54, 1.807) is 6.26 Å². The third-order valence-electron chi connectivity index (χ3n) is 2.97. The van der Waals surface area contributed by atoms with Crippen molar-refractivity contribution in [3.63, 3.8) is 0 Å². The molecule has 0 radical (unpaired) electrons. The number of ether oxygens (including phenoxy) is 2. The first kappa shape index (κ1) is 13.5. The van der Waals surface area contributed by atoms with Crippen LogP contribution in [0.1, 0.15) is 12.7 Å². The SMILES string of the molecule is CC1(CNCC(O)COCc2ccco2)COC1. The van der Waals surface area contributed by atoms with Gasteiger partial charge in [0.25, 0.3) is 0 Å². The van der Waals surface area contributed by atoms with E-state index in [2.05, 4.69) is 12.2 Å². The van der Waals surface area contributed by atoms with E-state index < -0.39 is 6.10 Å². The van der Waals surface area contributed by atoms with Crippen LogP contribution < -0.4 is 5.32 Å². The molecule has 5 heteroatoms. The molecule has 1 fully saturated rings. The molecule has 1 aliphatic rings. The zero-order chi connectivity index (χ0) is 12.8. The van der Waals surface area contributed by atoms with E-state index in [4.69, 9.17) is 13.9 Å². The molecule has 0 amide bonds. The van der Waals surface area contributed by atoms with Crippen LogP contribution >= 0.6 is 0 Å². The summed E-state index contributed by atoms with van der Waals surface area (Å²) in [4.78, 5) is 0. The average Bonchev–Trinajstić information content (AvgIpc) is 2.80. The van der Waals surface area contributed by atoms with Gasteiger partial charge in [0.15, 0.2) is 0 Å². The molecular weight excluding hydrogens is 234 g/mol. The lowest BCUT2D eigenvalue weighted by molar-refractivity contribution is -0.100. The van der Waals surface area contributed by atoms with Crippen molar-refractivity contribution < 1.29 is 19.0 Å². The summed E-state index contributed by atoms with van der Waals surface area (Å²) in [6.45, 7) is 5.87. The highest BCUT2D eigenvalue weighted by Gasteiger charge is 2.32. The Labute approximate surface area is 107 Å². The fraction of sp³-hybridized carbons (Fsp3) is 0.692. The number of furan rings is 1. The Hall–Kier alpha value is -0.880. The van der Waals surface area contributed by atoms with Crippen LogP contribution in [0.5, 0.6) is 0 Å². The Morgan fingerprint density at radius 2 is 2.39 bits per heavy atom. The highest BCUT2D eigenvalue weighted by Crippen LogP contribution is 2.24. The van der Waals surface area contributed by atoms with Gasteiger partial charge in [0.05, 0.1) is 32.2 Å². The first-order chi connectivity index (χ1) is 8.68. The lowest BCUT2D eigenvalue weighted by Gasteiger charge is -2.38. The Morgan fingerprint density at radius 3 is 3.00 bits per heavy atom. The summed E-state index contributed by atoms with van der Waals surface area (Å²) in [5.74, 6) is 0.772. The lowest BCUT2D eigenvalue weighted by Crippen LogP contribution is -2.48. The van der Waals surface area contributed by atoms with Gasteiger partial charge >= 0.3 is 0 Å². The van der Waals surface area contributed by atoms with Gasteiger partial charge in [-0.25, -0.2) is 0 Å². The summed E-state index contributed by atoms with van der Waals surface area (Å²) < 4.78 is 15.6. The van der Waals surface area contributed by atoms with Crippen molar-refractivity contribution in [3.05, 3.63) is 24.2 Å². The largest absolute Gasteiger partial charge is 0.467 e. The van der Waals surface area contributed by atoms with Gasteiger partial charge in [0.2, 0.25) is 0 Å². The predicted octanol–water partition coefficient (Wildman–Crippen LogP) is 0.783. The molecule has 0 aliphatic carbocycles. The quantitative estimate of drug-likeness (QED) is 0.719. The Balaban J connectivity index is 1.51. The van der Waals surface area contributed by atoms with Crippen LogP contribution in [-0.4, -0.2) is 44.1 Å². The summed E-state index contributed by atoms with van der Waals surface area (Å²) in [6.07, 6.45) is 1.11. The van der Waals surface area contributed by atoms with Gasteiger partial charge in [-0.1, -0.05) is 6.92 Å². The number of hydrogen-bond acceptors (Lipinski definition) is 5. The van der Waals surface area contributed by atoms with Gasteiger partial charge in [-0.15, -0.1) is 0 Å². The molecular formula is C13H21NO4. The molecule has 1 aliphatic heterocycles. The van der Waals surface area contributed by atoms with Crippen LogP contribution in [0.2, 0.25) is 0 Å². The Bertz CT molecular complexity index is 335. The maximum atomic E-state index is 9.72. The second kappa shape index (κ2) is 6.33. The zero-order valence-corrected chi connectivity index (χ0v) is 10.7. The van der Waals surface area contributed by atoms with Crippen molar-refractivity contribution in [2.45, 2.75) is 19.6 Å². The normalized spacial score (nSPS) is 19.4. The van der Waals surface area contributed by atoms with Crippen LogP contribution in [0.15, 0.2) is 22.8 Å².